The Bertz CT molecular complexity index is 667. The van der Waals surface area contributed by atoms with Gasteiger partial charge in [-0.05, 0) is 18.1 Å². The number of carbonyl (C=O) groups excluding carboxylic acids is 2. The van der Waals surface area contributed by atoms with E-state index in [0.29, 0.717) is 38.4 Å². The molecule has 0 radical (unpaired) electrons. The van der Waals surface area contributed by atoms with E-state index in [1.54, 1.807) is 11.0 Å². The van der Waals surface area contributed by atoms with Crippen molar-refractivity contribution >= 4 is 12.0 Å². The molecule has 1 spiro atoms. The van der Waals surface area contributed by atoms with E-state index in [1.807, 2.05) is 4.90 Å². The molecule has 2 aliphatic rings. The van der Waals surface area contributed by atoms with Crippen LogP contribution in [0.4, 0.5) is 4.79 Å². The number of carbonyl (C=O) groups is 2. The van der Waals surface area contributed by atoms with Crippen LogP contribution in [0.3, 0.4) is 0 Å². The Hall–Kier alpha value is -2.31. The van der Waals surface area contributed by atoms with E-state index in [0.717, 1.165) is 19.4 Å². The summed E-state index contributed by atoms with van der Waals surface area (Å²) in [6, 6.07) is 3.05. The molecule has 0 saturated carbocycles. The maximum absolute atomic E-state index is 12.6. The molecule has 1 aromatic heterocycles. The van der Waals surface area contributed by atoms with Gasteiger partial charge < -0.3 is 19.6 Å². The van der Waals surface area contributed by atoms with Gasteiger partial charge in [-0.1, -0.05) is 26.7 Å². The maximum atomic E-state index is 12.6. The molecule has 1 aromatic rings. The first-order valence-electron chi connectivity index (χ1n) is 9.39. The molecule has 0 unspecified atom stereocenters. The quantitative estimate of drug-likeness (QED) is 0.872. The summed E-state index contributed by atoms with van der Waals surface area (Å²) in [4.78, 5) is 32.3. The minimum Gasteiger partial charge on any atom is -0.505 e. The Balaban J connectivity index is 1.61. The van der Waals surface area contributed by atoms with Crippen LogP contribution in [0.2, 0.25) is 0 Å². The third-order valence-corrected chi connectivity index (χ3v) is 5.63. The Morgan fingerprint density at radius 2 is 2.04 bits per heavy atom. The lowest BCUT2D eigenvalue weighted by Gasteiger charge is -2.37. The Morgan fingerprint density at radius 1 is 1.35 bits per heavy atom. The van der Waals surface area contributed by atoms with Crippen molar-refractivity contribution in [2.24, 2.45) is 5.92 Å². The molecule has 2 amide bonds. The van der Waals surface area contributed by atoms with E-state index in [1.165, 1.54) is 12.3 Å². The molecule has 26 heavy (non-hydrogen) atoms. The van der Waals surface area contributed by atoms with Crippen LogP contribution in [-0.2, 0) is 4.74 Å². The average Bonchev–Trinajstić information content (AvgIpc) is 2.95. The van der Waals surface area contributed by atoms with Crippen molar-refractivity contribution in [3.05, 3.63) is 24.0 Å². The van der Waals surface area contributed by atoms with Crippen molar-refractivity contribution < 1.29 is 19.4 Å². The van der Waals surface area contributed by atoms with Crippen LogP contribution in [0.25, 0.3) is 0 Å². The lowest BCUT2D eigenvalue weighted by Crippen LogP contribution is -2.49. The third-order valence-electron chi connectivity index (χ3n) is 5.63. The van der Waals surface area contributed by atoms with Gasteiger partial charge in [0.15, 0.2) is 5.69 Å². The maximum Gasteiger partial charge on any atom is 0.410 e. The molecule has 2 aliphatic heterocycles. The van der Waals surface area contributed by atoms with E-state index in [9.17, 15) is 14.7 Å². The van der Waals surface area contributed by atoms with Gasteiger partial charge in [0.2, 0.25) is 0 Å². The van der Waals surface area contributed by atoms with E-state index in [-0.39, 0.29) is 23.4 Å². The highest BCUT2D eigenvalue weighted by atomic mass is 16.6. The van der Waals surface area contributed by atoms with Gasteiger partial charge in [-0.15, -0.1) is 0 Å². The Labute approximate surface area is 153 Å². The molecular formula is C19H27N3O4. The molecule has 7 heteroatoms. The monoisotopic (exact) mass is 361 g/mol. The van der Waals surface area contributed by atoms with Crippen molar-refractivity contribution in [1.82, 2.24) is 14.8 Å². The van der Waals surface area contributed by atoms with Crippen LogP contribution in [0.5, 0.6) is 5.75 Å². The number of hydrogen-bond acceptors (Lipinski definition) is 5. The topological polar surface area (TPSA) is 83.0 Å². The summed E-state index contributed by atoms with van der Waals surface area (Å²) in [5.74, 6) is 0.101. The zero-order valence-corrected chi connectivity index (χ0v) is 15.5. The molecule has 7 nitrogen and oxygen atoms in total. The Kier molecular flexibility index (Phi) is 5.34. The normalized spacial score (nSPS) is 19.3. The van der Waals surface area contributed by atoms with Gasteiger partial charge >= 0.3 is 6.09 Å². The number of piperidine rings is 1. The number of hydrogen-bond donors (Lipinski definition) is 1. The number of likely N-dealkylation sites (tertiary alicyclic amines) is 1. The summed E-state index contributed by atoms with van der Waals surface area (Å²) < 4.78 is 5.73. The predicted octanol–water partition coefficient (Wildman–Crippen LogP) is 2.65. The highest BCUT2D eigenvalue weighted by Crippen LogP contribution is 2.34. The lowest BCUT2D eigenvalue weighted by molar-refractivity contribution is 0.00288. The van der Waals surface area contributed by atoms with Crippen LogP contribution in [0.1, 0.15) is 50.0 Å². The number of aromatic hydroxyl groups is 1. The first kappa shape index (κ1) is 18.5. The van der Waals surface area contributed by atoms with Crippen molar-refractivity contribution in [3.63, 3.8) is 0 Å². The second-order valence-electron chi connectivity index (χ2n) is 7.28. The van der Waals surface area contributed by atoms with Crippen LogP contribution in [0.15, 0.2) is 18.3 Å². The number of amides is 2. The summed E-state index contributed by atoms with van der Waals surface area (Å²) in [6.07, 6.45) is 4.56. The molecule has 0 bridgehead atoms. The summed E-state index contributed by atoms with van der Waals surface area (Å²) in [5, 5.41) is 9.83. The predicted molar refractivity (Wildman–Crippen MR) is 95.9 cm³/mol. The fourth-order valence-corrected chi connectivity index (χ4v) is 3.78. The van der Waals surface area contributed by atoms with Gasteiger partial charge in [0.1, 0.15) is 11.4 Å². The smallest absolute Gasteiger partial charge is 0.410 e. The molecule has 0 aromatic carbocycles. The number of rotatable bonds is 5. The Morgan fingerprint density at radius 3 is 2.65 bits per heavy atom. The SMILES string of the molecule is CCC(CC)CN1CC2(CCN(C(=O)c3ncccc3O)CC2)OC1=O. The minimum absolute atomic E-state index is 0.0715. The third kappa shape index (κ3) is 3.61. The second-order valence-corrected chi connectivity index (χ2v) is 7.28. The molecule has 1 N–H and O–H groups in total. The number of nitrogens with zero attached hydrogens (tertiary/aromatic N) is 3. The van der Waals surface area contributed by atoms with Crippen molar-refractivity contribution in [1.29, 1.82) is 0 Å². The van der Waals surface area contributed by atoms with Gasteiger partial charge in [0.05, 0.1) is 6.54 Å². The number of ether oxygens (including phenoxy) is 1. The van der Waals surface area contributed by atoms with E-state index in [2.05, 4.69) is 18.8 Å². The zero-order valence-electron chi connectivity index (χ0n) is 15.5. The van der Waals surface area contributed by atoms with Crippen LogP contribution < -0.4 is 0 Å². The van der Waals surface area contributed by atoms with Crippen molar-refractivity contribution in [2.75, 3.05) is 26.2 Å². The van der Waals surface area contributed by atoms with Crippen LogP contribution in [0, 0.1) is 5.92 Å². The van der Waals surface area contributed by atoms with Crippen molar-refractivity contribution in [3.8, 4) is 5.75 Å². The molecule has 142 valence electrons. The van der Waals surface area contributed by atoms with Crippen LogP contribution in [-0.4, -0.2) is 63.7 Å². The largest absolute Gasteiger partial charge is 0.505 e. The zero-order chi connectivity index (χ0) is 18.7. The molecule has 0 aliphatic carbocycles. The molecule has 2 fully saturated rings. The highest BCUT2D eigenvalue weighted by Gasteiger charge is 2.47. The van der Waals surface area contributed by atoms with Gasteiger partial charge in [-0.2, -0.15) is 0 Å². The molecule has 2 saturated heterocycles. The fourth-order valence-electron chi connectivity index (χ4n) is 3.78. The van der Waals surface area contributed by atoms with E-state index >= 15 is 0 Å². The second kappa shape index (κ2) is 7.51. The van der Waals surface area contributed by atoms with Gasteiger partial charge in [-0.25, -0.2) is 9.78 Å². The summed E-state index contributed by atoms with van der Waals surface area (Å²) in [7, 11) is 0. The number of aromatic nitrogens is 1. The van der Waals surface area contributed by atoms with Crippen LogP contribution >= 0.6 is 0 Å². The first-order valence-corrected chi connectivity index (χ1v) is 9.39. The number of pyridine rings is 1. The first-order chi connectivity index (χ1) is 12.5. The lowest BCUT2D eigenvalue weighted by atomic mass is 9.90. The summed E-state index contributed by atoms with van der Waals surface area (Å²) in [6.45, 7) is 6.59. The molecule has 3 rings (SSSR count). The van der Waals surface area contributed by atoms with Crippen molar-refractivity contribution in [2.45, 2.75) is 45.1 Å². The molecule has 0 atom stereocenters. The summed E-state index contributed by atoms with van der Waals surface area (Å²) >= 11 is 0. The van der Waals surface area contributed by atoms with Gasteiger partial charge in [-0.3, -0.25) is 4.79 Å². The fraction of sp³-hybridized carbons (Fsp3) is 0.632. The average molecular weight is 361 g/mol. The minimum atomic E-state index is -0.494. The molecule has 3 heterocycles. The van der Waals surface area contributed by atoms with Gasteiger partial charge in [0, 0.05) is 38.7 Å². The van der Waals surface area contributed by atoms with Gasteiger partial charge in [0.25, 0.3) is 5.91 Å². The summed E-state index contributed by atoms with van der Waals surface area (Å²) in [5.41, 5.74) is -0.422. The highest BCUT2D eigenvalue weighted by molar-refractivity contribution is 5.94. The van der Waals surface area contributed by atoms with E-state index < -0.39 is 5.60 Å². The standard InChI is InChI=1S/C19H27N3O4/c1-3-14(4-2)12-22-13-19(26-18(22)25)7-10-21(11-8-19)17(24)16-15(23)6-5-9-20-16/h5-6,9,14,23H,3-4,7-8,10-13H2,1-2H3. The van der Waals surface area contributed by atoms with E-state index in [4.69, 9.17) is 4.74 Å². The molecular weight excluding hydrogens is 334 g/mol.